The van der Waals surface area contributed by atoms with Crippen molar-refractivity contribution in [1.29, 1.82) is 0 Å². The third-order valence-corrected chi connectivity index (χ3v) is 3.10. The van der Waals surface area contributed by atoms with Crippen molar-refractivity contribution in [2.45, 2.75) is 44.4 Å². The molecule has 2 saturated heterocycles. The Hall–Kier alpha value is -1.21. The Morgan fingerprint density at radius 3 is 3.00 bits per heavy atom. The molecule has 2 fully saturated rings. The first-order valence-corrected chi connectivity index (χ1v) is 5.97. The van der Waals surface area contributed by atoms with Gasteiger partial charge in [-0.05, 0) is 26.2 Å². The van der Waals surface area contributed by atoms with Crippen LogP contribution in [0.15, 0.2) is 4.99 Å². The van der Waals surface area contributed by atoms with E-state index < -0.39 is 0 Å². The van der Waals surface area contributed by atoms with Gasteiger partial charge in [-0.1, -0.05) is 5.92 Å². The number of ether oxygens (including phenoxy) is 1. The van der Waals surface area contributed by atoms with E-state index in [2.05, 4.69) is 21.5 Å². The minimum atomic E-state index is 0.361. The average molecular weight is 221 g/mol. The minimum Gasteiger partial charge on any atom is -0.373 e. The van der Waals surface area contributed by atoms with Gasteiger partial charge in [-0.15, -0.1) is 6.42 Å². The first-order chi connectivity index (χ1) is 7.83. The van der Waals surface area contributed by atoms with Crippen LogP contribution in [-0.4, -0.2) is 37.3 Å². The van der Waals surface area contributed by atoms with Gasteiger partial charge in [0, 0.05) is 6.54 Å². The van der Waals surface area contributed by atoms with Crippen molar-refractivity contribution in [3.05, 3.63) is 0 Å². The van der Waals surface area contributed by atoms with Crippen LogP contribution < -0.4 is 10.6 Å². The lowest BCUT2D eigenvalue weighted by Crippen LogP contribution is -2.47. The number of guanidine groups is 1. The zero-order valence-electron chi connectivity index (χ0n) is 9.70. The van der Waals surface area contributed by atoms with E-state index in [9.17, 15) is 0 Å². The van der Waals surface area contributed by atoms with Crippen LogP contribution in [-0.2, 0) is 4.74 Å². The van der Waals surface area contributed by atoms with Crippen molar-refractivity contribution in [1.82, 2.24) is 10.6 Å². The maximum absolute atomic E-state index is 5.78. The highest BCUT2D eigenvalue weighted by molar-refractivity contribution is 5.80. The Kier molecular flexibility index (Phi) is 3.68. The third-order valence-electron chi connectivity index (χ3n) is 3.10. The van der Waals surface area contributed by atoms with E-state index in [4.69, 9.17) is 11.2 Å². The second-order valence-electron chi connectivity index (χ2n) is 4.26. The van der Waals surface area contributed by atoms with E-state index in [1.54, 1.807) is 0 Å². The molecule has 0 radical (unpaired) electrons. The predicted molar refractivity (Wildman–Crippen MR) is 64.2 cm³/mol. The van der Waals surface area contributed by atoms with Crippen LogP contribution in [0.3, 0.4) is 0 Å². The summed E-state index contributed by atoms with van der Waals surface area (Å²) in [6.07, 6.45) is 9.48. The van der Waals surface area contributed by atoms with Gasteiger partial charge in [0.05, 0.1) is 18.2 Å². The van der Waals surface area contributed by atoms with E-state index in [0.29, 0.717) is 24.8 Å². The normalized spacial score (nSPS) is 32.5. The smallest absolute Gasteiger partial charge is 0.192 e. The van der Waals surface area contributed by atoms with Gasteiger partial charge in [0.1, 0.15) is 6.54 Å². The van der Waals surface area contributed by atoms with Gasteiger partial charge >= 0.3 is 0 Å². The molecule has 16 heavy (non-hydrogen) atoms. The SMILES string of the molecule is C#CCN=C(NCC)N[C@@H]1C[C@@H]2CC[C@@H]1O2. The van der Waals surface area contributed by atoms with Crippen LogP contribution >= 0.6 is 0 Å². The summed E-state index contributed by atoms with van der Waals surface area (Å²) in [5, 5.41) is 6.59. The monoisotopic (exact) mass is 221 g/mol. The van der Waals surface area contributed by atoms with Gasteiger partial charge in [0.25, 0.3) is 0 Å². The number of hydrogen-bond donors (Lipinski definition) is 2. The summed E-state index contributed by atoms with van der Waals surface area (Å²) in [4.78, 5) is 4.28. The van der Waals surface area contributed by atoms with Crippen molar-refractivity contribution in [2.75, 3.05) is 13.1 Å². The Morgan fingerprint density at radius 1 is 1.56 bits per heavy atom. The van der Waals surface area contributed by atoms with E-state index >= 15 is 0 Å². The van der Waals surface area contributed by atoms with Crippen LogP contribution in [0.5, 0.6) is 0 Å². The third kappa shape index (κ3) is 2.48. The van der Waals surface area contributed by atoms with Gasteiger partial charge in [-0.3, -0.25) is 0 Å². The molecule has 2 heterocycles. The fourth-order valence-corrected chi connectivity index (χ4v) is 2.41. The van der Waals surface area contributed by atoms with Crippen molar-refractivity contribution >= 4 is 5.96 Å². The van der Waals surface area contributed by atoms with Gasteiger partial charge < -0.3 is 15.4 Å². The summed E-state index contributed by atoms with van der Waals surface area (Å²) < 4.78 is 5.78. The number of hydrogen-bond acceptors (Lipinski definition) is 2. The molecule has 88 valence electrons. The molecule has 0 aromatic rings. The molecule has 2 aliphatic rings. The highest BCUT2D eigenvalue weighted by Crippen LogP contribution is 2.34. The highest BCUT2D eigenvalue weighted by Gasteiger charge is 2.40. The van der Waals surface area contributed by atoms with E-state index in [1.165, 1.54) is 6.42 Å². The van der Waals surface area contributed by atoms with Crippen LogP contribution in [0.25, 0.3) is 0 Å². The van der Waals surface area contributed by atoms with Crippen molar-refractivity contribution in [3.8, 4) is 12.3 Å². The number of nitrogens with one attached hydrogen (secondary N) is 2. The van der Waals surface area contributed by atoms with Gasteiger partial charge in [0.2, 0.25) is 0 Å². The fourth-order valence-electron chi connectivity index (χ4n) is 2.41. The van der Waals surface area contributed by atoms with Crippen LogP contribution in [0, 0.1) is 12.3 Å². The molecule has 3 atom stereocenters. The number of rotatable bonds is 3. The summed E-state index contributed by atoms with van der Waals surface area (Å²) in [5.74, 6) is 3.32. The summed E-state index contributed by atoms with van der Waals surface area (Å²) in [7, 11) is 0. The molecule has 2 N–H and O–H groups in total. The van der Waals surface area contributed by atoms with Crippen molar-refractivity contribution in [2.24, 2.45) is 4.99 Å². The zero-order chi connectivity index (χ0) is 11.4. The van der Waals surface area contributed by atoms with Gasteiger partial charge in [-0.2, -0.15) is 0 Å². The largest absolute Gasteiger partial charge is 0.373 e. The lowest BCUT2D eigenvalue weighted by molar-refractivity contribution is 0.0992. The Labute approximate surface area is 96.8 Å². The highest BCUT2D eigenvalue weighted by atomic mass is 16.5. The Bertz CT molecular complexity index is 308. The van der Waals surface area contributed by atoms with E-state index in [0.717, 1.165) is 25.3 Å². The topological polar surface area (TPSA) is 45.7 Å². The molecule has 0 amide bonds. The Balaban J connectivity index is 1.88. The lowest BCUT2D eigenvalue weighted by atomic mass is 9.96. The van der Waals surface area contributed by atoms with Crippen LogP contribution in [0.4, 0.5) is 0 Å². The number of fused-ring (bicyclic) bond motifs is 2. The average Bonchev–Trinajstić information content (AvgIpc) is 2.88. The second-order valence-corrected chi connectivity index (χ2v) is 4.26. The number of terminal acetylenes is 1. The first kappa shape index (κ1) is 11.3. The molecule has 2 bridgehead atoms. The maximum Gasteiger partial charge on any atom is 0.192 e. The standard InChI is InChI=1S/C12H19N3O/c1-3-7-14-12(13-4-2)15-10-8-9-5-6-11(10)16-9/h1,9-11H,4-8H2,2H3,(H2,13,14,15)/t9-,10+,11-/m0/s1. The molecule has 0 saturated carbocycles. The van der Waals surface area contributed by atoms with Gasteiger partial charge in [0.15, 0.2) is 5.96 Å². The molecule has 0 aromatic heterocycles. The molecule has 0 aliphatic carbocycles. The van der Waals surface area contributed by atoms with Crippen LogP contribution in [0.1, 0.15) is 26.2 Å². The van der Waals surface area contributed by atoms with E-state index in [1.807, 2.05) is 6.92 Å². The van der Waals surface area contributed by atoms with Crippen molar-refractivity contribution < 1.29 is 4.74 Å². The maximum atomic E-state index is 5.78. The molecule has 2 rings (SSSR count). The summed E-state index contributed by atoms with van der Waals surface area (Å²) >= 11 is 0. The summed E-state index contributed by atoms with van der Waals surface area (Å²) in [6.45, 7) is 3.31. The minimum absolute atomic E-state index is 0.361. The molecular formula is C12H19N3O. The van der Waals surface area contributed by atoms with E-state index in [-0.39, 0.29) is 0 Å². The first-order valence-electron chi connectivity index (χ1n) is 5.97. The lowest BCUT2D eigenvalue weighted by Gasteiger charge is -2.22. The van der Waals surface area contributed by atoms with Crippen molar-refractivity contribution in [3.63, 3.8) is 0 Å². The summed E-state index contributed by atoms with van der Waals surface area (Å²) in [6, 6.07) is 0.398. The fraction of sp³-hybridized carbons (Fsp3) is 0.750. The molecule has 0 unspecified atom stereocenters. The predicted octanol–water partition coefficient (Wildman–Crippen LogP) is 0.495. The van der Waals surface area contributed by atoms with Gasteiger partial charge in [-0.25, -0.2) is 4.99 Å². The summed E-state index contributed by atoms with van der Waals surface area (Å²) in [5.41, 5.74) is 0. The zero-order valence-corrected chi connectivity index (χ0v) is 9.70. The molecule has 0 aromatic carbocycles. The quantitative estimate of drug-likeness (QED) is 0.414. The molecule has 0 spiro atoms. The molecule has 4 nitrogen and oxygen atoms in total. The number of nitrogens with zero attached hydrogens (tertiary/aromatic N) is 1. The molecule has 2 aliphatic heterocycles. The molecular weight excluding hydrogens is 202 g/mol. The second kappa shape index (κ2) is 5.22. The Morgan fingerprint density at radius 2 is 2.44 bits per heavy atom. The number of aliphatic imine (C=N–C) groups is 1. The molecule has 4 heteroatoms. The van der Waals surface area contributed by atoms with Crippen LogP contribution in [0.2, 0.25) is 0 Å².